The van der Waals surface area contributed by atoms with Crippen LogP contribution >= 0.6 is 46.7 Å². The van der Waals surface area contributed by atoms with Gasteiger partial charge in [-0.05, 0) is 12.8 Å². The summed E-state index contributed by atoms with van der Waals surface area (Å²) in [7, 11) is 6.40. The molecule has 2 aliphatic carbocycles. The minimum Gasteiger partial charge on any atom is -0.393 e. The molecule has 2 aliphatic rings. The third-order valence-electron chi connectivity index (χ3n) is 8.23. The van der Waals surface area contributed by atoms with E-state index in [9.17, 15) is 0 Å². The highest BCUT2D eigenvalue weighted by Crippen LogP contribution is 2.38. The van der Waals surface area contributed by atoms with Crippen LogP contribution in [0.25, 0.3) is 20.9 Å². The van der Waals surface area contributed by atoms with Crippen molar-refractivity contribution in [1.82, 2.24) is 34.9 Å². The zero-order valence-electron chi connectivity index (χ0n) is 30.1. The number of rotatable bonds is 13. The summed E-state index contributed by atoms with van der Waals surface area (Å²) in [5, 5.41) is 20.6. The molecule has 16 nitrogen and oxygen atoms in total. The van der Waals surface area contributed by atoms with Gasteiger partial charge in [-0.3, -0.25) is 0 Å². The van der Waals surface area contributed by atoms with Crippen LogP contribution in [0.1, 0.15) is 52.5 Å². The molecule has 0 bridgehead atoms. The first-order chi connectivity index (χ1) is 25.1. The van der Waals surface area contributed by atoms with Gasteiger partial charge in [0.05, 0.1) is 24.6 Å². The van der Waals surface area contributed by atoms with E-state index in [1.165, 1.54) is 18.7 Å². The Morgan fingerprint density at radius 3 is 1.92 bits per heavy atom. The summed E-state index contributed by atoms with van der Waals surface area (Å²) in [5.74, 6) is 2.27. The van der Waals surface area contributed by atoms with Crippen molar-refractivity contribution in [2.24, 2.45) is 0 Å². The maximum atomic E-state index is 7.42. The molecule has 0 spiro atoms. The molecule has 0 saturated heterocycles. The Morgan fingerprint density at radius 2 is 1.38 bits per heavy atom. The Bertz CT molecular complexity index is 1740. The Hall–Kier alpha value is -3.25. The van der Waals surface area contributed by atoms with E-state index in [0.29, 0.717) is 45.8 Å². The van der Waals surface area contributed by atoms with Crippen molar-refractivity contribution in [3.63, 3.8) is 0 Å². The number of aromatic nitrogens is 7. The number of hydrogen-bond donors (Lipinski definition) is 2. The Labute approximate surface area is 322 Å². The van der Waals surface area contributed by atoms with Gasteiger partial charge in [-0.1, -0.05) is 65.8 Å². The lowest BCUT2D eigenvalue weighted by molar-refractivity contribution is -0.0343. The van der Waals surface area contributed by atoms with Crippen LogP contribution in [0.5, 0.6) is 0 Å². The van der Waals surface area contributed by atoms with E-state index in [1.54, 1.807) is 51.0 Å². The second-order valence-electron chi connectivity index (χ2n) is 11.5. The highest BCUT2D eigenvalue weighted by Gasteiger charge is 2.51. The minimum absolute atomic E-state index is 0.142. The number of nitriles is 1. The van der Waals surface area contributed by atoms with Crippen LogP contribution in [0.3, 0.4) is 0 Å². The van der Waals surface area contributed by atoms with E-state index in [0.717, 1.165) is 24.3 Å². The van der Waals surface area contributed by atoms with E-state index >= 15 is 0 Å². The molecule has 8 atom stereocenters. The number of nitrogens with one attached hydrogen (secondary N) is 1. The van der Waals surface area contributed by atoms with Gasteiger partial charge >= 0.3 is 0 Å². The zero-order valence-corrected chi connectivity index (χ0v) is 33.3. The molecule has 0 radical (unpaired) electrons. The fraction of sp³-hybridized carbons (Fsp3) is 0.656. The topological polar surface area (TPSA) is 190 Å². The first kappa shape index (κ1) is 43.2. The van der Waals surface area contributed by atoms with Crippen LogP contribution in [0, 0.1) is 24.5 Å². The van der Waals surface area contributed by atoms with Gasteiger partial charge in [0.1, 0.15) is 17.9 Å². The molecule has 5 rings (SSSR count). The molecule has 0 aromatic carbocycles. The van der Waals surface area contributed by atoms with E-state index in [2.05, 4.69) is 59.1 Å². The quantitative estimate of drug-likeness (QED) is 0.0902. The maximum absolute atomic E-state index is 7.42. The van der Waals surface area contributed by atoms with Gasteiger partial charge in [-0.25, -0.2) is 37.8 Å². The van der Waals surface area contributed by atoms with Gasteiger partial charge in [0, 0.05) is 53.3 Å². The number of fused-ring (bicyclic) bond motifs is 1. The molecule has 0 aliphatic heterocycles. The number of nitrogens with zero attached hydrogens (tertiary/aromatic N) is 10. The van der Waals surface area contributed by atoms with Crippen LogP contribution < -0.4 is 11.1 Å². The molecule has 3 aromatic heterocycles. The van der Waals surface area contributed by atoms with Crippen molar-refractivity contribution >= 4 is 69.4 Å². The summed E-state index contributed by atoms with van der Waals surface area (Å²) in [6.07, 6.45) is 1.96. The van der Waals surface area contributed by atoms with E-state index in [-0.39, 0.29) is 58.9 Å². The van der Waals surface area contributed by atoms with Crippen LogP contribution in [-0.4, -0.2) is 117 Å². The molecular formula is C32H44Cl2N12O4S2. The molecule has 52 heavy (non-hydrogen) atoms. The molecule has 3 N–H and O–H groups in total. The smallest absolute Gasteiger partial charge is 0.254 e. The van der Waals surface area contributed by atoms with Gasteiger partial charge in [-0.15, -0.1) is 5.10 Å². The fourth-order valence-electron chi connectivity index (χ4n) is 5.96. The summed E-state index contributed by atoms with van der Waals surface area (Å²) in [5.41, 5.74) is 7.33. The number of hydrogen-bond acceptors (Lipinski definition) is 15. The molecule has 282 valence electrons. The van der Waals surface area contributed by atoms with Crippen molar-refractivity contribution in [3.05, 3.63) is 33.1 Å². The average molecular weight is 796 g/mol. The predicted octanol–water partition coefficient (Wildman–Crippen LogP) is 5.89. The van der Waals surface area contributed by atoms with Crippen LogP contribution in [-0.2, 0) is 18.9 Å². The Morgan fingerprint density at radius 1 is 0.865 bits per heavy atom. The third-order valence-corrected chi connectivity index (χ3v) is 10.9. The number of ether oxygens (including phenoxy) is 4. The fourth-order valence-corrected chi connectivity index (χ4v) is 7.82. The number of halogens is 2. The molecular weight excluding hydrogens is 751 g/mol. The van der Waals surface area contributed by atoms with Gasteiger partial charge in [-0.2, -0.15) is 5.26 Å². The third kappa shape index (κ3) is 10.2. The molecule has 2 fully saturated rings. The van der Waals surface area contributed by atoms with Crippen LogP contribution in [0.4, 0.5) is 11.5 Å². The second-order valence-corrected chi connectivity index (χ2v) is 14.3. The van der Waals surface area contributed by atoms with Crippen molar-refractivity contribution < 1.29 is 18.9 Å². The van der Waals surface area contributed by atoms with E-state index < -0.39 is 0 Å². The van der Waals surface area contributed by atoms with Gasteiger partial charge in [0.15, 0.2) is 49.8 Å². The first-order valence-corrected chi connectivity index (χ1v) is 19.1. The Kier molecular flexibility index (Phi) is 17.8. The van der Waals surface area contributed by atoms with Gasteiger partial charge in [0.25, 0.3) is 12.1 Å². The molecule has 0 unspecified atom stereocenters. The van der Waals surface area contributed by atoms with Crippen molar-refractivity contribution in [3.8, 4) is 6.07 Å². The summed E-state index contributed by atoms with van der Waals surface area (Å²) in [6, 6.07) is 0.834. The normalized spacial score (nSPS) is 24.9. The summed E-state index contributed by atoms with van der Waals surface area (Å²) in [6.45, 7) is 20.4. The first-order valence-electron chi connectivity index (χ1n) is 16.4. The summed E-state index contributed by atoms with van der Waals surface area (Å²) >= 11 is 15.5. The zero-order chi connectivity index (χ0) is 38.4. The van der Waals surface area contributed by atoms with Gasteiger partial charge in [0.2, 0.25) is 0 Å². The number of nitrogens with two attached hydrogens (primary N) is 1. The summed E-state index contributed by atoms with van der Waals surface area (Å²) in [4.78, 5) is 24.8. The van der Waals surface area contributed by atoms with Crippen molar-refractivity contribution in [2.75, 3.05) is 51.0 Å². The lowest BCUT2D eigenvalue weighted by atomic mass is 10.2. The second kappa shape index (κ2) is 21.5. The molecule has 20 heteroatoms. The lowest BCUT2D eigenvalue weighted by Gasteiger charge is -2.23. The number of thioether (sulfide) groups is 2. The standard InChI is InChI=1S/C15H19ClN6O2S.C15H22ClN5O2S.C2H3N/c1-5-6-25-15-18-13(16)10-14(19-15)22(21-20-10)9-7-8(17-2)11(23-3)12(9)24-4;1-5-6-24-15-20-13(16)10(17)14(21-15)19-9-7-8(18-2)11(22-3)12(9)23-4;1-2-3/h8-9,11-12H,5-7H2,1,3-4H3;8-9,11-12H,5-7,17H2,1,3-4H3,(H,19,20,21);1H3/t2*8-,9+,11+,12-;/m00./s1. The SMILES string of the molecule is CC#N.[C-]#[N+][C@H]1C[C@@H](Nc2nc(SCCC)nc(Cl)c2N)[C@H](OC)[C@@H]1OC.[C-]#[N+][C@H]1C[C@@H](n2nnc3c(Cl)nc(SCCC)nc32)[C@H](OC)[C@@H]1OC. The lowest BCUT2D eigenvalue weighted by Crippen LogP contribution is -2.38. The largest absolute Gasteiger partial charge is 0.393 e. The average Bonchev–Trinajstić information content (AvgIpc) is 3.84. The molecule has 0 amide bonds. The Balaban J connectivity index is 0.000000261. The number of nitrogen functional groups attached to an aromatic ring is 1. The van der Waals surface area contributed by atoms with Crippen LogP contribution in [0.2, 0.25) is 10.3 Å². The van der Waals surface area contributed by atoms with Crippen molar-refractivity contribution in [1.29, 1.82) is 5.26 Å². The molecule has 2 saturated carbocycles. The summed E-state index contributed by atoms with van der Waals surface area (Å²) < 4.78 is 23.8. The van der Waals surface area contributed by atoms with E-state index in [4.69, 9.17) is 66.3 Å². The van der Waals surface area contributed by atoms with E-state index in [1.807, 2.05) is 0 Å². The highest BCUT2D eigenvalue weighted by molar-refractivity contribution is 7.99. The highest BCUT2D eigenvalue weighted by atomic mass is 35.5. The molecule has 3 heterocycles. The maximum Gasteiger partial charge on any atom is 0.254 e. The molecule has 3 aromatic rings. The minimum atomic E-state index is -0.321. The number of anilines is 2. The monoisotopic (exact) mass is 794 g/mol. The predicted molar refractivity (Wildman–Crippen MR) is 203 cm³/mol. The van der Waals surface area contributed by atoms with Crippen LogP contribution in [0.15, 0.2) is 10.3 Å². The number of methoxy groups -OCH3 is 4. The van der Waals surface area contributed by atoms with Crippen molar-refractivity contribution in [2.45, 2.75) is 105 Å². The van der Waals surface area contributed by atoms with Gasteiger partial charge < -0.3 is 39.7 Å².